The van der Waals surface area contributed by atoms with Gasteiger partial charge in [-0.25, -0.2) is 0 Å². The molecular formula is C20H19NO3S. The largest absolute Gasteiger partial charge is 0.302 e. The van der Waals surface area contributed by atoms with E-state index in [0.29, 0.717) is 5.75 Å². The fraction of sp³-hybridized carbons (Fsp3) is 0.250. The third-order valence-corrected chi connectivity index (χ3v) is 5.49. The molecule has 0 N–H and O–H groups in total. The number of likely N-dealkylation sites (tertiary alicyclic amines) is 1. The number of imide groups is 1. The van der Waals surface area contributed by atoms with Crippen LogP contribution in [0.4, 0.5) is 0 Å². The lowest BCUT2D eigenvalue weighted by Crippen LogP contribution is -2.39. The molecule has 1 fully saturated rings. The van der Waals surface area contributed by atoms with E-state index in [9.17, 15) is 14.4 Å². The van der Waals surface area contributed by atoms with E-state index < -0.39 is 11.3 Å². The fourth-order valence-electron chi connectivity index (χ4n) is 3.01. The fourth-order valence-corrected chi connectivity index (χ4v) is 4.13. The standard InChI is InChI=1S/C20H19NO3S/c22-13-17(25-14-15-7-3-1-4-8-15)20(16-9-5-2-6-10-16)21-18(23)11-12-19(21)24/h1-10,13,17,20H,11-12,14H2/t17-,20+/m0/s1. The van der Waals surface area contributed by atoms with Crippen LogP contribution in [-0.2, 0) is 20.1 Å². The molecule has 1 saturated heterocycles. The second kappa shape index (κ2) is 8.12. The van der Waals surface area contributed by atoms with Crippen molar-refractivity contribution in [1.29, 1.82) is 0 Å². The second-order valence-corrected chi connectivity index (χ2v) is 7.08. The molecule has 128 valence electrons. The predicted molar refractivity (Wildman–Crippen MR) is 97.9 cm³/mol. The number of thioether (sulfide) groups is 1. The SMILES string of the molecule is O=C[C@H](SCc1ccccc1)[C@@H](c1ccccc1)N1C(=O)CCC1=O. The highest BCUT2D eigenvalue weighted by Gasteiger charge is 2.40. The lowest BCUT2D eigenvalue weighted by molar-refractivity contribution is -0.141. The van der Waals surface area contributed by atoms with Gasteiger partial charge in [-0.1, -0.05) is 60.7 Å². The van der Waals surface area contributed by atoms with Gasteiger partial charge in [-0.15, -0.1) is 11.8 Å². The highest BCUT2D eigenvalue weighted by molar-refractivity contribution is 7.99. The number of carbonyl (C=O) groups excluding carboxylic acids is 3. The van der Waals surface area contributed by atoms with Crippen molar-refractivity contribution in [3.05, 3.63) is 71.8 Å². The Hall–Kier alpha value is -2.40. The molecule has 0 aromatic heterocycles. The van der Waals surface area contributed by atoms with Gasteiger partial charge in [-0.2, -0.15) is 0 Å². The van der Waals surface area contributed by atoms with E-state index >= 15 is 0 Å². The zero-order valence-corrected chi connectivity index (χ0v) is 14.5. The first kappa shape index (κ1) is 17.4. The molecule has 1 aliphatic heterocycles. The first-order chi connectivity index (χ1) is 12.2. The Morgan fingerprint density at radius 3 is 2.04 bits per heavy atom. The summed E-state index contributed by atoms with van der Waals surface area (Å²) < 4.78 is 0. The quantitative estimate of drug-likeness (QED) is 0.566. The van der Waals surface area contributed by atoms with Gasteiger partial charge in [0, 0.05) is 18.6 Å². The van der Waals surface area contributed by atoms with E-state index in [0.717, 1.165) is 17.4 Å². The van der Waals surface area contributed by atoms with E-state index in [4.69, 9.17) is 0 Å². The van der Waals surface area contributed by atoms with Gasteiger partial charge in [0.2, 0.25) is 11.8 Å². The van der Waals surface area contributed by atoms with Gasteiger partial charge in [0.25, 0.3) is 0 Å². The number of benzene rings is 2. The molecule has 2 aromatic carbocycles. The van der Waals surface area contributed by atoms with Gasteiger partial charge in [0.15, 0.2) is 0 Å². The molecule has 2 amide bonds. The second-order valence-electron chi connectivity index (χ2n) is 5.91. The third kappa shape index (κ3) is 3.99. The maximum absolute atomic E-state index is 12.3. The molecule has 4 nitrogen and oxygen atoms in total. The van der Waals surface area contributed by atoms with Crippen LogP contribution >= 0.6 is 11.8 Å². The van der Waals surface area contributed by atoms with Crippen LogP contribution in [0.15, 0.2) is 60.7 Å². The van der Waals surface area contributed by atoms with Crippen LogP contribution in [0.2, 0.25) is 0 Å². The van der Waals surface area contributed by atoms with Gasteiger partial charge < -0.3 is 4.79 Å². The Balaban J connectivity index is 1.87. The van der Waals surface area contributed by atoms with Crippen LogP contribution in [0.3, 0.4) is 0 Å². The van der Waals surface area contributed by atoms with Crippen molar-refractivity contribution < 1.29 is 14.4 Å². The van der Waals surface area contributed by atoms with Crippen LogP contribution in [-0.4, -0.2) is 28.3 Å². The minimum absolute atomic E-state index is 0.203. The maximum Gasteiger partial charge on any atom is 0.230 e. The first-order valence-corrected chi connectivity index (χ1v) is 9.26. The minimum Gasteiger partial charge on any atom is -0.302 e. The van der Waals surface area contributed by atoms with Crippen molar-refractivity contribution in [2.24, 2.45) is 0 Å². The van der Waals surface area contributed by atoms with Gasteiger partial charge in [0.05, 0.1) is 11.3 Å². The molecule has 0 saturated carbocycles. The van der Waals surface area contributed by atoms with Crippen molar-refractivity contribution in [2.75, 3.05) is 0 Å². The van der Waals surface area contributed by atoms with Crippen molar-refractivity contribution in [1.82, 2.24) is 4.90 Å². The Morgan fingerprint density at radius 2 is 1.48 bits per heavy atom. The monoisotopic (exact) mass is 353 g/mol. The number of rotatable bonds is 7. The zero-order chi connectivity index (χ0) is 17.6. The van der Waals surface area contributed by atoms with Gasteiger partial charge in [-0.3, -0.25) is 14.5 Å². The van der Waals surface area contributed by atoms with Crippen LogP contribution in [0.1, 0.15) is 30.0 Å². The predicted octanol–water partition coefficient (Wildman–Crippen LogP) is 3.38. The summed E-state index contributed by atoms with van der Waals surface area (Å²) in [5.74, 6) is 0.237. The Bertz CT molecular complexity index is 732. The van der Waals surface area contributed by atoms with Gasteiger partial charge >= 0.3 is 0 Å². The molecule has 3 rings (SSSR count). The number of amides is 2. The topological polar surface area (TPSA) is 54.5 Å². The number of hydrogen-bond donors (Lipinski definition) is 0. The van der Waals surface area contributed by atoms with Crippen molar-refractivity contribution in [2.45, 2.75) is 29.9 Å². The maximum atomic E-state index is 12.3. The van der Waals surface area contributed by atoms with E-state index in [1.807, 2.05) is 60.7 Å². The number of hydrogen-bond acceptors (Lipinski definition) is 4. The molecule has 1 aliphatic rings. The lowest BCUT2D eigenvalue weighted by Gasteiger charge is -2.30. The van der Waals surface area contributed by atoms with Gasteiger partial charge in [0.1, 0.15) is 6.29 Å². The summed E-state index contributed by atoms with van der Waals surface area (Å²) in [4.78, 5) is 37.7. The summed E-state index contributed by atoms with van der Waals surface area (Å²) >= 11 is 1.45. The van der Waals surface area contributed by atoms with Crippen molar-refractivity contribution in [3.63, 3.8) is 0 Å². The van der Waals surface area contributed by atoms with Crippen LogP contribution < -0.4 is 0 Å². The summed E-state index contributed by atoms with van der Waals surface area (Å²) in [5.41, 5.74) is 1.91. The molecule has 0 spiro atoms. The van der Waals surface area contributed by atoms with Crippen LogP contribution in [0.25, 0.3) is 0 Å². The Morgan fingerprint density at radius 1 is 0.920 bits per heavy atom. The summed E-state index contributed by atoms with van der Waals surface area (Å²) in [5, 5.41) is -0.506. The molecule has 2 atom stereocenters. The molecule has 5 heteroatoms. The van der Waals surface area contributed by atoms with Gasteiger partial charge in [-0.05, 0) is 11.1 Å². The van der Waals surface area contributed by atoms with E-state index in [2.05, 4.69) is 0 Å². The molecule has 0 radical (unpaired) electrons. The smallest absolute Gasteiger partial charge is 0.230 e. The first-order valence-electron chi connectivity index (χ1n) is 8.21. The van der Waals surface area contributed by atoms with Crippen molar-refractivity contribution in [3.8, 4) is 0 Å². The van der Waals surface area contributed by atoms with E-state index in [1.54, 1.807) is 0 Å². The lowest BCUT2D eigenvalue weighted by atomic mass is 10.0. The molecule has 0 aliphatic carbocycles. The molecule has 1 heterocycles. The molecule has 25 heavy (non-hydrogen) atoms. The average molecular weight is 353 g/mol. The third-order valence-electron chi connectivity index (χ3n) is 4.24. The average Bonchev–Trinajstić information content (AvgIpc) is 2.99. The van der Waals surface area contributed by atoms with E-state index in [-0.39, 0.29) is 24.7 Å². The molecular weight excluding hydrogens is 334 g/mol. The minimum atomic E-state index is -0.560. The molecule has 2 aromatic rings. The van der Waals surface area contributed by atoms with Crippen LogP contribution in [0.5, 0.6) is 0 Å². The number of carbonyl (C=O) groups is 3. The normalized spacial score (nSPS) is 16.7. The van der Waals surface area contributed by atoms with Crippen molar-refractivity contribution >= 4 is 29.9 Å². The highest BCUT2D eigenvalue weighted by atomic mass is 32.2. The Kier molecular flexibility index (Phi) is 5.66. The summed E-state index contributed by atoms with van der Waals surface area (Å²) in [7, 11) is 0. The highest BCUT2D eigenvalue weighted by Crippen LogP contribution is 2.35. The summed E-state index contributed by atoms with van der Waals surface area (Å²) in [6.45, 7) is 0. The number of nitrogens with zero attached hydrogens (tertiary/aromatic N) is 1. The zero-order valence-electron chi connectivity index (χ0n) is 13.7. The molecule has 0 bridgehead atoms. The molecule has 0 unspecified atom stereocenters. The number of aldehydes is 1. The summed E-state index contributed by atoms with van der Waals surface area (Å²) in [6, 6.07) is 18.6. The van der Waals surface area contributed by atoms with E-state index in [1.165, 1.54) is 16.7 Å². The summed E-state index contributed by atoms with van der Waals surface area (Å²) in [6.07, 6.45) is 1.29. The van der Waals surface area contributed by atoms with Crippen LogP contribution in [0, 0.1) is 0 Å². The Labute approximate surface area is 151 Å².